The fraction of sp³-hybridized carbons (Fsp3) is 0.886. The van der Waals surface area contributed by atoms with Crippen LogP contribution in [0.2, 0.25) is 0 Å². The molecule has 0 aliphatic rings. The van der Waals surface area contributed by atoms with Crippen LogP contribution in [0.4, 0.5) is 0 Å². The van der Waals surface area contributed by atoms with Gasteiger partial charge in [-0.05, 0) is 104 Å². The highest BCUT2D eigenvalue weighted by molar-refractivity contribution is 5.69. The summed E-state index contributed by atoms with van der Waals surface area (Å²) in [6.07, 6.45) is 48.9. The number of allylic oxidation sites excluding steroid dienone is 4. The van der Waals surface area contributed by atoms with Crippen LogP contribution in [0.15, 0.2) is 24.3 Å². The van der Waals surface area contributed by atoms with Gasteiger partial charge in [0.25, 0.3) is 0 Å². The molecule has 0 spiro atoms. The van der Waals surface area contributed by atoms with E-state index in [4.69, 9.17) is 4.74 Å². The van der Waals surface area contributed by atoms with Crippen molar-refractivity contribution in [1.82, 2.24) is 9.80 Å². The summed E-state index contributed by atoms with van der Waals surface area (Å²) in [5, 5.41) is 0. The van der Waals surface area contributed by atoms with Crippen molar-refractivity contribution in [2.45, 2.75) is 206 Å². The lowest BCUT2D eigenvalue weighted by Gasteiger charge is -2.22. The second-order valence-corrected chi connectivity index (χ2v) is 14.8. The Balaban J connectivity index is 4.01. The smallest absolute Gasteiger partial charge is 0.305 e. The molecule has 0 aromatic carbocycles. The van der Waals surface area contributed by atoms with Crippen LogP contribution in [-0.2, 0) is 9.53 Å². The number of carbonyl (C=O) groups excluding carboxylic acids is 1. The number of rotatable bonds is 39. The van der Waals surface area contributed by atoms with Crippen molar-refractivity contribution in [3.63, 3.8) is 0 Å². The molecule has 0 fully saturated rings. The molecule has 48 heavy (non-hydrogen) atoms. The first-order valence-electron chi connectivity index (χ1n) is 21.4. The van der Waals surface area contributed by atoms with Gasteiger partial charge in [-0.3, -0.25) is 9.69 Å². The Morgan fingerprint density at radius 3 is 1.17 bits per heavy atom. The molecule has 0 atom stereocenters. The maximum Gasteiger partial charge on any atom is 0.305 e. The molecule has 0 bridgehead atoms. The van der Waals surface area contributed by atoms with Gasteiger partial charge >= 0.3 is 5.97 Å². The lowest BCUT2D eigenvalue weighted by atomic mass is 10.1. The maximum atomic E-state index is 12.2. The van der Waals surface area contributed by atoms with Crippen LogP contribution in [0.3, 0.4) is 0 Å². The molecule has 0 heterocycles. The zero-order valence-electron chi connectivity index (χ0n) is 33.3. The van der Waals surface area contributed by atoms with Gasteiger partial charge in [0, 0.05) is 13.0 Å². The van der Waals surface area contributed by atoms with Gasteiger partial charge in [-0.15, -0.1) is 0 Å². The third kappa shape index (κ3) is 39.3. The first-order valence-corrected chi connectivity index (χ1v) is 21.4. The predicted molar refractivity (Wildman–Crippen MR) is 214 cm³/mol. The highest BCUT2D eigenvalue weighted by atomic mass is 16.5. The third-order valence-corrected chi connectivity index (χ3v) is 9.63. The summed E-state index contributed by atoms with van der Waals surface area (Å²) in [5.74, 6) is -0.0358. The topological polar surface area (TPSA) is 32.8 Å². The van der Waals surface area contributed by atoms with E-state index in [0.717, 1.165) is 32.6 Å². The number of carbonyl (C=O) groups is 1. The Morgan fingerprint density at radius 1 is 0.438 bits per heavy atom. The molecule has 0 unspecified atom stereocenters. The lowest BCUT2D eigenvalue weighted by molar-refractivity contribution is -0.144. The zero-order chi connectivity index (χ0) is 35.0. The number of nitrogens with zero attached hydrogens (tertiary/aromatic N) is 2. The fourth-order valence-electron chi connectivity index (χ4n) is 6.40. The summed E-state index contributed by atoms with van der Waals surface area (Å²) in [4.78, 5) is 16.9. The van der Waals surface area contributed by atoms with Crippen LogP contribution in [0, 0.1) is 0 Å². The van der Waals surface area contributed by atoms with Crippen molar-refractivity contribution in [3.05, 3.63) is 24.3 Å². The standard InChI is InChI=1S/C44H86N2O2/c1-5-7-9-11-13-15-17-19-21-23-25-27-29-31-33-35-40-46(42-43-48-44(47)38-37-39-45(3)4)41-36-34-32-30-28-26-24-22-20-18-16-14-12-10-8-6-2/h19-22H,5-18,23-43H2,1-4H3/b21-19-,22-20-. The van der Waals surface area contributed by atoms with E-state index < -0.39 is 0 Å². The summed E-state index contributed by atoms with van der Waals surface area (Å²) in [6.45, 7) is 9.23. The average Bonchev–Trinajstić information content (AvgIpc) is 3.07. The second-order valence-electron chi connectivity index (χ2n) is 14.8. The van der Waals surface area contributed by atoms with Gasteiger partial charge < -0.3 is 9.64 Å². The van der Waals surface area contributed by atoms with Crippen molar-refractivity contribution in [2.75, 3.05) is 46.9 Å². The van der Waals surface area contributed by atoms with E-state index >= 15 is 0 Å². The summed E-state index contributed by atoms with van der Waals surface area (Å²) in [7, 11) is 4.10. The summed E-state index contributed by atoms with van der Waals surface area (Å²) >= 11 is 0. The first-order chi connectivity index (χ1) is 23.6. The SMILES string of the molecule is CCCCCCCC/C=C\CCCCCCCCN(CCCCCCCC/C=C\CCCCCCCC)CCOC(=O)CCCN(C)C. The van der Waals surface area contributed by atoms with Crippen LogP contribution in [0.1, 0.15) is 206 Å². The van der Waals surface area contributed by atoms with E-state index in [2.05, 4.69) is 62.0 Å². The van der Waals surface area contributed by atoms with Crippen molar-refractivity contribution in [1.29, 1.82) is 0 Å². The van der Waals surface area contributed by atoms with E-state index in [1.807, 2.05) is 0 Å². The fourth-order valence-corrected chi connectivity index (χ4v) is 6.40. The Labute approximate surface area is 302 Å². The Bertz CT molecular complexity index is 647. The van der Waals surface area contributed by atoms with E-state index in [0.29, 0.717) is 13.0 Å². The molecule has 284 valence electrons. The van der Waals surface area contributed by atoms with Gasteiger partial charge in [-0.1, -0.05) is 154 Å². The third-order valence-electron chi connectivity index (χ3n) is 9.63. The minimum Gasteiger partial charge on any atom is -0.464 e. The van der Waals surface area contributed by atoms with E-state index in [1.54, 1.807) is 0 Å². The zero-order valence-corrected chi connectivity index (χ0v) is 33.3. The molecule has 0 aliphatic heterocycles. The van der Waals surface area contributed by atoms with Crippen molar-refractivity contribution in [2.24, 2.45) is 0 Å². The number of hydrogen-bond acceptors (Lipinski definition) is 4. The van der Waals surface area contributed by atoms with Crippen molar-refractivity contribution >= 4 is 5.97 Å². The lowest BCUT2D eigenvalue weighted by Crippen LogP contribution is -2.30. The van der Waals surface area contributed by atoms with Crippen molar-refractivity contribution < 1.29 is 9.53 Å². The second kappa shape index (κ2) is 40.3. The maximum absolute atomic E-state index is 12.2. The van der Waals surface area contributed by atoms with Gasteiger partial charge in [0.05, 0.1) is 0 Å². The monoisotopic (exact) mass is 675 g/mol. The quantitative estimate of drug-likeness (QED) is 0.0369. The summed E-state index contributed by atoms with van der Waals surface area (Å²) in [6, 6.07) is 0. The molecule has 4 nitrogen and oxygen atoms in total. The molecule has 0 amide bonds. The van der Waals surface area contributed by atoms with Gasteiger partial charge in [0.2, 0.25) is 0 Å². The molecule has 0 saturated heterocycles. The largest absolute Gasteiger partial charge is 0.464 e. The number of hydrogen-bond donors (Lipinski definition) is 0. The average molecular weight is 675 g/mol. The summed E-state index contributed by atoms with van der Waals surface area (Å²) in [5.41, 5.74) is 0. The highest BCUT2D eigenvalue weighted by Gasteiger charge is 2.08. The van der Waals surface area contributed by atoms with Crippen molar-refractivity contribution in [3.8, 4) is 0 Å². The molecule has 0 saturated carbocycles. The molecular weight excluding hydrogens is 588 g/mol. The number of ether oxygens (including phenoxy) is 1. The molecular formula is C44H86N2O2. The Kier molecular flexibility index (Phi) is 39.4. The van der Waals surface area contributed by atoms with Crippen LogP contribution < -0.4 is 0 Å². The molecule has 0 aromatic heterocycles. The number of esters is 1. The normalized spacial score (nSPS) is 12.0. The molecule has 4 heteroatoms. The molecule has 0 rings (SSSR count). The van der Waals surface area contributed by atoms with Crippen LogP contribution in [0.5, 0.6) is 0 Å². The van der Waals surface area contributed by atoms with Gasteiger partial charge in [-0.25, -0.2) is 0 Å². The first kappa shape index (κ1) is 46.9. The van der Waals surface area contributed by atoms with Crippen LogP contribution in [0.25, 0.3) is 0 Å². The Morgan fingerprint density at radius 2 is 0.792 bits per heavy atom. The predicted octanol–water partition coefficient (Wildman–Crippen LogP) is 13.2. The molecule has 0 radical (unpaired) electrons. The minimum atomic E-state index is -0.0358. The summed E-state index contributed by atoms with van der Waals surface area (Å²) < 4.78 is 5.61. The van der Waals surface area contributed by atoms with Gasteiger partial charge in [-0.2, -0.15) is 0 Å². The highest BCUT2D eigenvalue weighted by Crippen LogP contribution is 2.13. The molecule has 0 aromatic rings. The minimum absolute atomic E-state index is 0.0358. The van der Waals surface area contributed by atoms with E-state index in [9.17, 15) is 4.79 Å². The van der Waals surface area contributed by atoms with Crippen LogP contribution in [-0.4, -0.2) is 62.7 Å². The van der Waals surface area contributed by atoms with Gasteiger partial charge in [0.15, 0.2) is 0 Å². The van der Waals surface area contributed by atoms with Gasteiger partial charge in [0.1, 0.15) is 6.61 Å². The number of unbranched alkanes of at least 4 members (excludes halogenated alkanes) is 24. The van der Waals surface area contributed by atoms with E-state index in [1.165, 1.54) is 180 Å². The van der Waals surface area contributed by atoms with E-state index in [-0.39, 0.29) is 5.97 Å². The molecule has 0 N–H and O–H groups in total. The Hall–Kier alpha value is -1.13. The van der Waals surface area contributed by atoms with Crippen LogP contribution >= 0.6 is 0 Å². The molecule has 0 aliphatic carbocycles.